The molecule has 0 saturated carbocycles. The predicted octanol–water partition coefficient (Wildman–Crippen LogP) is 3.95. The van der Waals surface area contributed by atoms with E-state index in [1.54, 1.807) is 36.4 Å². The van der Waals surface area contributed by atoms with Crippen molar-refractivity contribution in [2.45, 2.75) is 20.5 Å². The number of rotatable bonds is 5. The maximum Gasteiger partial charge on any atom is 0.344 e. The molecule has 2 aromatic rings. The van der Waals surface area contributed by atoms with Gasteiger partial charge in [-0.05, 0) is 54.8 Å². The highest BCUT2D eigenvalue weighted by Gasteiger charge is 2.10. The molecule has 0 spiro atoms. The highest BCUT2D eigenvalue weighted by molar-refractivity contribution is 6.30. The Morgan fingerprint density at radius 1 is 1.22 bits per heavy atom. The number of nitrogens with zero attached hydrogens (tertiary/aromatic N) is 1. The van der Waals surface area contributed by atoms with Gasteiger partial charge in [0.25, 0.3) is 0 Å². The predicted molar refractivity (Wildman–Crippen MR) is 87.4 cm³/mol. The summed E-state index contributed by atoms with van der Waals surface area (Å²) < 4.78 is 10.7. The largest absolute Gasteiger partial charge is 0.481 e. The maximum absolute atomic E-state index is 11.8. The second-order valence-electron chi connectivity index (χ2n) is 5.13. The first-order chi connectivity index (χ1) is 11.0. The minimum Gasteiger partial charge on any atom is -0.481 e. The van der Waals surface area contributed by atoms with E-state index in [4.69, 9.17) is 26.3 Å². The molecule has 0 bridgehead atoms. The molecule has 2 aromatic carbocycles. The quantitative estimate of drug-likeness (QED) is 0.779. The van der Waals surface area contributed by atoms with Gasteiger partial charge in [0, 0.05) is 5.02 Å². The van der Waals surface area contributed by atoms with E-state index in [1.807, 2.05) is 19.9 Å². The van der Waals surface area contributed by atoms with Crippen LogP contribution in [0, 0.1) is 25.2 Å². The minimum absolute atomic E-state index is 0.107. The molecular weight excluding hydrogens is 314 g/mol. The maximum atomic E-state index is 11.8. The number of carbonyl (C=O) groups excluding carboxylic acids is 1. The fraction of sp³-hybridized carbons (Fsp3) is 0.222. The topological polar surface area (TPSA) is 59.3 Å². The standard InChI is InChI=1S/C18H16ClNO3/c1-12-6-16(19)7-13(2)18(12)23-11-17(21)22-10-15-5-3-4-14(8-15)9-20/h3-8H,10-11H2,1-2H3. The van der Waals surface area contributed by atoms with Gasteiger partial charge in [-0.15, -0.1) is 0 Å². The Bertz CT molecular complexity index is 742. The second-order valence-corrected chi connectivity index (χ2v) is 5.57. The van der Waals surface area contributed by atoms with Gasteiger partial charge in [-0.1, -0.05) is 23.7 Å². The summed E-state index contributed by atoms with van der Waals surface area (Å²) in [7, 11) is 0. The van der Waals surface area contributed by atoms with E-state index in [0.29, 0.717) is 16.3 Å². The van der Waals surface area contributed by atoms with Crippen LogP contribution in [0.5, 0.6) is 5.75 Å². The smallest absolute Gasteiger partial charge is 0.344 e. The van der Waals surface area contributed by atoms with E-state index in [-0.39, 0.29) is 13.2 Å². The van der Waals surface area contributed by atoms with Crippen molar-refractivity contribution in [3.63, 3.8) is 0 Å². The lowest BCUT2D eigenvalue weighted by Crippen LogP contribution is -2.15. The van der Waals surface area contributed by atoms with Gasteiger partial charge < -0.3 is 9.47 Å². The van der Waals surface area contributed by atoms with Crippen molar-refractivity contribution < 1.29 is 14.3 Å². The summed E-state index contributed by atoms with van der Waals surface area (Å²) in [5.74, 6) is 0.166. The Kier molecular flexibility index (Phi) is 5.61. The molecule has 118 valence electrons. The lowest BCUT2D eigenvalue weighted by Gasteiger charge is -2.12. The number of ether oxygens (including phenoxy) is 2. The van der Waals surface area contributed by atoms with Crippen LogP contribution in [-0.2, 0) is 16.1 Å². The van der Waals surface area contributed by atoms with Crippen LogP contribution in [0.15, 0.2) is 36.4 Å². The fourth-order valence-electron chi connectivity index (χ4n) is 2.19. The molecule has 0 atom stereocenters. The van der Waals surface area contributed by atoms with Crippen LogP contribution < -0.4 is 4.74 Å². The summed E-state index contributed by atoms with van der Waals surface area (Å²) in [6, 6.07) is 12.5. The van der Waals surface area contributed by atoms with E-state index in [1.165, 1.54) is 0 Å². The Morgan fingerprint density at radius 2 is 1.91 bits per heavy atom. The van der Waals surface area contributed by atoms with Crippen LogP contribution in [0.1, 0.15) is 22.3 Å². The summed E-state index contributed by atoms with van der Waals surface area (Å²) in [4.78, 5) is 11.8. The zero-order valence-electron chi connectivity index (χ0n) is 12.9. The van der Waals surface area contributed by atoms with Gasteiger partial charge in [-0.2, -0.15) is 5.26 Å². The highest BCUT2D eigenvalue weighted by Crippen LogP contribution is 2.26. The normalized spacial score (nSPS) is 10.0. The van der Waals surface area contributed by atoms with E-state index < -0.39 is 5.97 Å². The molecule has 0 N–H and O–H groups in total. The fourth-order valence-corrected chi connectivity index (χ4v) is 2.52. The minimum atomic E-state index is -0.471. The number of halogens is 1. The van der Waals surface area contributed by atoms with Gasteiger partial charge in [-0.3, -0.25) is 0 Å². The van der Waals surface area contributed by atoms with Crippen LogP contribution in [-0.4, -0.2) is 12.6 Å². The van der Waals surface area contributed by atoms with Crippen LogP contribution in [0.4, 0.5) is 0 Å². The average Bonchev–Trinajstić information content (AvgIpc) is 2.52. The Morgan fingerprint density at radius 3 is 2.57 bits per heavy atom. The third kappa shape index (κ3) is 4.73. The summed E-state index contributed by atoms with van der Waals surface area (Å²) in [5.41, 5.74) is 3.02. The molecule has 0 amide bonds. The number of hydrogen-bond acceptors (Lipinski definition) is 4. The number of esters is 1. The molecule has 0 aliphatic heterocycles. The van der Waals surface area contributed by atoms with E-state index >= 15 is 0 Å². The molecule has 0 radical (unpaired) electrons. The molecule has 5 heteroatoms. The first kappa shape index (κ1) is 16.9. The van der Waals surface area contributed by atoms with Gasteiger partial charge in [0.2, 0.25) is 0 Å². The number of hydrogen-bond donors (Lipinski definition) is 0. The Labute approximate surface area is 140 Å². The number of nitriles is 1. The van der Waals surface area contributed by atoms with Crippen molar-refractivity contribution in [3.05, 3.63) is 63.7 Å². The Hall–Kier alpha value is -2.51. The number of benzene rings is 2. The van der Waals surface area contributed by atoms with Crippen LogP contribution >= 0.6 is 11.6 Å². The SMILES string of the molecule is Cc1cc(Cl)cc(C)c1OCC(=O)OCc1cccc(C#N)c1. The van der Waals surface area contributed by atoms with Crippen molar-refractivity contribution in [1.82, 2.24) is 0 Å². The second kappa shape index (κ2) is 7.66. The number of aryl methyl sites for hydroxylation is 2. The lowest BCUT2D eigenvalue weighted by molar-refractivity contribution is -0.147. The zero-order valence-corrected chi connectivity index (χ0v) is 13.7. The third-order valence-corrected chi connectivity index (χ3v) is 3.43. The first-order valence-corrected chi connectivity index (χ1v) is 7.41. The van der Waals surface area contributed by atoms with Crippen LogP contribution in [0.3, 0.4) is 0 Å². The molecule has 0 heterocycles. The van der Waals surface area contributed by atoms with Gasteiger partial charge in [0.05, 0.1) is 11.6 Å². The average molecular weight is 330 g/mol. The molecule has 0 saturated heterocycles. The lowest BCUT2D eigenvalue weighted by atomic mass is 10.1. The molecule has 0 unspecified atom stereocenters. The van der Waals surface area contributed by atoms with Crippen molar-refractivity contribution in [2.75, 3.05) is 6.61 Å². The molecular formula is C18H16ClNO3. The molecule has 0 fully saturated rings. The van der Waals surface area contributed by atoms with Gasteiger partial charge >= 0.3 is 5.97 Å². The molecule has 0 aliphatic rings. The summed E-state index contributed by atoms with van der Waals surface area (Å²) in [5, 5.41) is 9.47. The monoisotopic (exact) mass is 329 g/mol. The Balaban J connectivity index is 1.90. The summed E-state index contributed by atoms with van der Waals surface area (Å²) in [6.45, 7) is 3.66. The van der Waals surface area contributed by atoms with Gasteiger partial charge in [-0.25, -0.2) is 4.79 Å². The summed E-state index contributed by atoms with van der Waals surface area (Å²) >= 11 is 5.96. The van der Waals surface area contributed by atoms with E-state index in [0.717, 1.165) is 16.7 Å². The number of carbonyl (C=O) groups is 1. The van der Waals surface area contributed by atoms with Crippen molar-refractivity contribution in [1.29, 1.82) is 5.26 Å². The molecule has 2 rings (SSSR count). The van der Waals surface area contributed by atoms with Crippen molar-refractivity contribution in [3.8, 4) is 11.8 Å². The van der Waals surface area contributed by atoms with Gasteiger partial charge in [0.1, 0.15) is 12.4 Å². The van der Waals surface area contributed by atoms with Crippen molar-refractivity contribution >= 4 is 17.6 Å². The van der Waals surface area contributed by atoms with Crippen LogP contribution in [0.2, 0.25) is 5.02 Å². The van der Waals surface area contributed by atoms with Crippen LogP contribution in [0.25, 0.3) is 0 Å². The summed E-state index contributed by atoms with van der Waals surface area (Å²) in [6.07, 6.45) is 0. The molecule has 0 aromatic heterocycles. The molecule has 4 nitrogen and oxygen atoms in total. The zero-order chi connectivity index (χ0) is 16.8. The van der Waals surface area contributed by atoms with E-state index in [9.17, 15) is 4.79 Å². The highest BCUT2D eigenvalue weighted by atomic mass is 35.5. The first-order valence-electron chi connectivity index (χ1n) is 7.04. The third-order valence-electron chi connectivity index (χ3n) is 3.22. The molecule has 0 aliphatic carbocycles. The van der Waals surface area contributed by atoms with Crippen molar-refractivity contribution in [2.24, 2.45) is 0 Å². The van der Waals surface area contributed by atoms with Gasteiger partial charge in [0.15, 0.2) is 6.61 Å². The van der Waals surface area contributed by atoms with E-state index in [2.05, 4.69) is 0 Å². The molecule has 23 heavy (non-hydrogen) atoms.